The van der Waals surface area contributed by atoms with Crippen molar-refractivity contribution in [1.82, 2.24) is 4.98 Å². The number of hydrogen-bond donors (Lipinski definition) is 1. The Kier molecular flexibility index (Phi) is 3.70. The minimum Gasteiger partial charge on any atom is -0.361 e. The van der Waals surface area contributed by atoms with Gasteiger partial charge in [-0.1, -0.05) is 53.5 Å². The normalized spacial score (nSPS) is 11.6. The number of H-pyrrole nitrogens is 1. The van der Waals surface area contributed by atoms with Crippen LogP contribution in [0.25, 0.3) is 22.6 Å². The molecule has 1 aromatic heterocycles. The molecule has 0 fully saturated rings. The van der Waals surface area contributed by atoms with E-state index in [-0.39, 0.29) is 0 Å². The molecule has 21 heavy (non-hydrogen) atoms. The summed E-state index contributed by atoms with van der Waals surface area (Å²) >= 11 is 12.2. The number of rotatable bonds is 2. The van der Waals surface area contributed by atoms with E-state index in [1.807, 2.05) is 42.6 Å². The smallest absolute Gasteiger partial charge is 0.0998 e. The van der Waals surface area contributed by atoms with Crippen LogP contribution in [-0.4, -0.2) is 4.98 Å². The van der Waals surface area contributed by atoms with Crippen molar-refractivity contribution in [3.8, 4) is 6.07 Å². The van der Waals surface area contributed by atoms with Crippen molar-refractivity contribution in [2.24, 2.45) is 0 Å². The first-order chi connectivity index (χ1) is 10.2. The van der Waals surface area contributed by atoms with Gasteiger partial charge in [-0.05, 0) is 23.8 Å². The van der Waals surface area contributed by atoms with Crippen molar-refractivity contribution in [3.05, 3.63) is 69.8 Å². The van der Waals surface area contributed by atoms with Gasteiger partial charge in [0.2, 0.25) is 0 Å². The zero-order valence-electron chi connectivity index (χ0n) is 10.9. The molecule has 1 heterocycles. The lowest BCUT2D eigenvalue weighted by atomic mass is 10.0. The largest absolute Gasteiger partial charge is 0.361 e. The fourth-order valence-electron chi connectivity index (χ4n) is 2.25. The summed E-state index contributed by atoms with van der Waals surface area (Å²) in [5.74, 6) is 0. The number of aromatic nitrogens is 1. The van der Waals surface area contributed by atoms with E-state index in [2.05, 4.69) is 11.1 Å². The van der Waals surface area contributed by atoms with Crippen molar-refractivity contribution in [1.29, 1.82) is 5.26 Å². The zero-order valence-corrected chi connectivity index (χ0v) is 12.4. The first kappa shape index (κ1) is 13.8. The molecule has 0 bridgehead atoms. The van der Waals surface area contributed by atoms with E-state index in [1.165, 1.54) is 0 Å². The summed E-state index contributed by atoms with van der Waals surface area (Å²) in [6.45, 7) is 0. The number of aromatic amines is 1. The van der Waals surface area contributed by atoms with Gasteiger partial charge in [-0.3, -0.25) is 0 Å². The van der Waals surface area contributed by atoms with E-state index >= 15 is 0 Å². The second kappa shape index (κ2) is 5.65. The number of benzene rings is 2. The van der Waals surface area contributed by atoms with Gasteiger partial charge in [0.15, 0.2) is 0 Å². The fourth-order valence-corrected chi connectivity index (χ4v) is 2.61. The molecular formula is C17H10Cl2N2. The van der Waals surface area contributed by atoms with E-state index in [1.54, 1.807) is 12.1 Å². The van der Waals surface area contributed by atoms with Crippen molar-refractivity contribution in [2.75, 3.05) is 0 Å². The molecule has 102 valence electrons. The maximum absolute atomic E-state index is 9.47. The number of nitrogens with one attached hydrogen (secondary N) is 1. The molecule has 2 aromatic carbocycles. The molecule has 0 spiro atoms. The average molecular weight is 313 g/mol. The summed E-state index contributed by atoms with van der Waals surface area (Å²) < 4.78 is 0. The van der Waals surface area contributed by atoms with Crippen LogP contribution in [0.4, 0.5) is 0 Å². The molecule has 2 nitrogen and oxygen atoms in total. The fraction of sp³-hybridized carbons (Fsp3) is 0. The van der Waals surface area contributed by atoms with Gasteiger partial charge in [0, 0.05) is 22.7 Å². The Morgan fingerprint density at radius 3 is 2.71 bits per heavy atom. The molecule has 0 unspecified atom stereocenters. The van der Waals surface area contributed by atoms with E-state index in [9.17, 15) is 5.26 Å². The molecule has 0 aliphatic rings. The van der Waals surface area contributed by atoms with Gasteiger partial charge < -0.3 is 4.98 Å². The van der Waals surface area contributed by atoms with E-state index < -0.39 is 0 Å². The minimum atomic E-state index is 0.451. The minimum absolute atomic E-state index is 0.451. The first-order valence-electron chi connectivity index (χ1n) is 6.33. The van der Waals surface area contributed by atoms with Gasteiger partial charge >= 0.3 is 0 Å². The first-order valence-corrected chi connectivity index (χ1v) is 7.08. The number of hydrogen-bond acceptors (Lipinski definition) is 1. The van der Waals surface area contributed by atoms with E-state index in [0.29, 0.717) is 15.6 Å². The molecule has 4 heteroatoms. The van der Waals surface area contributed by atoms with Crippen molar-refractivity contribution in [3.63, 3.8) is 0 Å². The molecule has 0 atom stereocenters. The zero-order chi connectivity index (χ0) is 14.8. The topological polar surface area (TPSA) is 39.6 Å². The summed E-state index contributed by atoms with van der Waals surface area (Å²) in [5.41, 5.74) is 3.11. The number of fused-ring (bicyclic) bond motifs is 1. The molecule has 0 saturated heterocycles. The van der Waals surface area contributed by atoms with Crippen LogP contribution in [0.3, 0.4) is 0 Å². The van der Waals surface area contributed by atoms with E-state index in [0.717, 1.165) is 22.0 Å². The Labute approximate surface area is 132 Å². The molecule has 3 rings (SSSR count). The number of nitriles is 1. The molecule has 0 saturated carbocycles. The van der Waals surface area contributed by atoms with Crippen LogP contribution in [0, 0.1) is 11.3 Å². The third-order valence-corrected chi connectivity index (χ3v) is 4.11. The number of allylic oxidation sites excluding steroid dienone is 1. The molecule has 0 aliphatic carbocycles. The Balaban J connectivity index is 2.17. The van der Waals surface area contributed by atoms with Gasteiger partial charge in [-0.2, -0.15) is 5.26 Å². The maximum atomic E-state index is 9.47. The van der Waals surface area contributed by atoms with Gasteiger partial charge in [0.25, 0.3) is 0 Å². The number of nitrogens with zero attached hydrogens (tertiary/aromatic N) is 1. The second-order valence-electron chi connectivity index (χ2n) is 4.56. The Morgan fingerprint density at radius 1 is 1.10 bits per heavy atom. The predicted molar refractivity (Wildman–Crippen MR) is 88.2 cm³/mol. The maximum Gasteiger partial charge on any atom is 0.0998 e. The number of halogens is 2. The van der Waals surface area contributed by atoms with Gasteiger partial charge in [0.05, 0.1) is 21.7 Å². The van der Waals surface area contributed by atoms with Crippen molar-refractivity contribution >= 4 is 45.8 Å². The predicted octanol–water partition coefficient (Wildman–Crippen LogP) is 5.54. The molecular weight excluding hydrogens is 303 g/mol. The highest BCUT2D eigenvalue weighted by molar-refractivity contribution is 6.43. The SMILES string of the molecule is N#C/C(=C/c1cccc(Cl)c1Cl)c1c[nH]c2ccccc12. The molecule has 0 amide bonds. The second-order valence-corrected chi connectivity index (χ2v) is 5.35. The monoisotopic (exact) mass is 312 g/mol. The Bertz CT molecular complexity index is 885. The van der Waals surface area contributed by atoms with Crippen molar-refractivity contribution < 1.29 is 0 Å². The van der Waals surface area contributed by atoms with Crippen LogP contribution in [0.5, 0.6) is 0 Å². The summed E-state index contributed by atoms with van der Waals surface area (Å²) in [7, 11) is 0. The van der Waals surface area contributed by atoms with Crippen LogP contribution in [0.15, 0.2) is 48.7 Å². The highest BCUT2D eigenvalue weighted by Crippen LogP contribution is 2.31. The van der Waals surface area contributed by atoms with E-state index in [4.69, 9.17) is 23.2 Å². The lowest BCUT2D eigenvalue weighted by Gasteiger charge is -2.02. The van der Waals surface area contributed by atoms with Crippen LogP contribution in [0.1, 0.15) is 11.1 Å². The van der Waals surface area contributed by atoms with Crippen LogP contribution >= 0.6 is 23.2 Å². The number of para-hydroxylation sites is 1. The summed E-state index contributed by atoms with van der Waals surface area (Å²) in [4.78, 5) is 3.16. The Hall–Kier alpha value is -2.21. The molecule has 3 aromatic rings. The van der Waals surface area contributed by atoms with Crippen LogP contribution in [-0.2, 0) is 0 Å². The van der Waals surface area contributed by atoms with Gasteiger partial charge in [-0.25, -0.2) is 0 Å². The molecule has 0 radical (unpaired) electrons. The third-order valence-electron chi connectivity index (χ3n) is 3.28. The van der Waals surface area contributed by atoms with Gasteiger partial charge in [0.1, 0.15) is 0 Å². The summed E-state index contributed by atoms with van der Waals surface area (Å²) in [6, 6.07) is 15.4. The Morgan fingerprint density at radius 2 is 1.90 bits per heavy atom. The molecule has 1 N–H and O–H groups in total. The molecule has 0 aliphatic heterocycles. The summed E-state index contributed by atoms with van der Waals surface area (Å²) in [5, 5.41) is 11.4. The third kappa shape index (κ3) is 2.54. The van der Waals surface area contributed by atoms with Crippen LogP contribution in [0.2, 0.25) is 10.0 Å². The summed E-state index contributed by atoms with van der Waals surface area (Å²) in [6.07, 6.45) is 3.59. The average Bonchev–Trinajstić information content (AvgIpc) is 2.93. The quantitative estimate of drug-likeness (QED) is 0.620. The van der Waals surface area contributed by atoms with Gasteiger partial charge in [-0.15, -0.1) is 0 Å². The van der Waals surface area contributed by atoms with Crippen molar-refractivity contribution in [2.45, 2.75) is 0 Å². The lowest BCUT2D eigenvalue weighted by molar-refractivity contribution is 1.46. The standard InChI is InChI=1S/C17H10Cl2N2/c18-15-6-3-4-11(17(15)19)8-12(9-20)14-10-21-16-7-2-1-5-13(14)16/h1-8,10,21H/b12-8-. The highest BCUT2D eigenvalue weighted by atomic mass is 35.5. The van der Waals surface area contributed by atoms with Crippen LogP contribution < -0.4 is 0 Å². The lowest BCUT2D eigenvalue weighted by Crippen LogP contribution is -1.82. The highest BCUT2D eigenvalue weighted by Gasteiger charge is 2.09.